The number of aliphatic hydroxyl groups is 1. The smallest absolute Gasteiger partial charge is 0.462 e. The zero-order chi connectivity index (χ0) is 73.2. The molecule has 17 nitrogen and oxygen atoms in total. The second-order valence-electron chi connectivity index (χ2n) is 27.0. The first-order valence-electron chi connectivity index (χ1n) is 40.2. The van der Waals surface area contributed by atoms with Crippen LogP contribution in [0.15, 0.2) is 72.9 Å². The van der Waals surface area contributed by atoms with Crippen molar-refractivity contribution in [1.82, 2.24) is 0 Å². The molecule has 0 rings (SSSR count). The van der Waals surface area contributed by atoms with Gasteiger partial charge in [-0.3, -0.25) is 37.3 Å². The lowest BCUT2D eigenvalue weighted by molar-refractivity contribution is -0.161. The minimum atomic E-state index is -4.98. The Kier molecular flexibility index (Phi) is 71.2. The van der Waals surface area contributed by atoms with Crippen molar-refractivity contribution in [3.63, 3.8) is 0 Å². The summed E-state index contributed by atoms with van der Waals surface area (Å²) >= 11 is 0. The molecule has 582 valence electrons. The zero-order valence-electron chi connectivity index (χ0n) is 63.6. The van der Waals surface area contributed by atoms with Crippen molar-refractivity contribution in [3.05, 3.63) is 72.9 Å². The number of phosphoric ester groups is 2. The Labute approximate surface area is 609 Å². The van der Waals surface area contributed by atoms with Crippen molar-refractivity contribution in [2.75, 3.05) is 39.6 Å². The second kappa shape index (κ2) is 73.8. The number of carbonyl (C=O) groups excluding carboxylic acids is 4. The van der Waals surface area contributed by atoms with Crippen LogP contribution in [0.4, 0.5) is 0 Å². The summed E-state index contributed by atoms with van der Waals surface area (Å²) in [5, 5.41) is 10.6. The van der Waals surface area contributed by atoms with Crippen molar-refractivity contribution < 1.29 is 80.2 Å². The lowest BCUT2D eigenvalue weighted by atomic mass is 10.0. The number of aliphatic hydroxyl groups excluding tert-OH is 1. The molecule has 0 bridgehead atoms. The predicted molar refractivity (Wildman–Crippen MR) is 409 cm³/mol. The Morgan fingerprint density at radius 2 is 0.520 bits per heavy atom. The fraction of sp³-hybridized carbons (Fsp3) is 0.802. The first-order valence-corrected chi connectivity index (χ1v) is 43.2. The van der Waals surface area contributed by atoms with E-state index in [1.807, 2.05) is 0 Å². The summed E-state index contributed by atoms with van der Waals surface area (Å²) in [5.74, 6) is -2.19. The molecule has 3 N–H and O–H groups in total. The second-order valence-corrected chi connectivity index (χ2v) is 29.9. The third-order valence-corrected chi connectivity index (χ3v) is 19.1. The molecule has 0 aromatic carbocycles. The van der Waals surface area contributed by atoms with Gasteiger partial charge in [-0.1, -0.05) is 312 Å². The van der Waals surface area contributed by atoms with Gasteiger partial charge in [-0.15, -0.1) is 0 Å². The van der Waals surface area contributed by atoms with Crippen LogP contribution in [0, 0.1) is 0 Å². The summed E-state index contributed by atoms with van der Waals surface area (Å²) in [4.78, 5) is 72.9. The highest BCUT2D eigenvalue weighted by molar-refractivity contribution is 7.47. The number of ether oxygens (including phenoxy) is 4. The van der Waals surface area contributed by atoms with Crippen LogP contribution in [0.1, 0.15) is 362 Å². The maximum Gasteiger partial charge on any atom is 0.472 e. The molecule has 0 saturated heterocycles. The van der Waals surface area contributed by atoms with Crippen molar-refractivity contribution in [2.45, 2.75) is 380 Å². The molecule has 0 aliphatic heterocycles. The van der Waals surface area contributed by atoms with E-state index in [-0.39, 0.29) is 25.7 Å². The van der Waals surface area contributed by atoms with E-state index in [1.165, 1.54) is 141 Å². The quantitative estimate of drug-likeness (QED) is 0.0169. The van der Waals surface area contributed by atoms with E-state index in [0.717, 1.165) is 141 Å². The van der Waals surface area contributed by atoms with Gasteiger partial charge in [0, 0.05) is 25.7 Å². The van der Waals surface area contributed by atoms with Gasteiger partial charge >= 0.3 is 39.5 Å². The standard InChI is InChI=1S/C81H146O17P2/c1-5-9-13-17-21-25-29-32-35-36-37-38-41-43-47-50-54-58-62-66-79(84)92-72-77(98-81(86)68-64-60-56-52-48-44-40-34-31-27-23-19-15-11-7-3)74-96-100(89,90)94-70-75(82)69-93-99(87,88)95-73-76(97-80(85)67-63-59-55-51-45-28-24-20-16-12-8-4)71-91-78(83)65-61-57-53-49-46-42-39-33-30-26-22-18-14-10-6-2/h9,13,21,25,32-33,35,37-39,43,47,75-77,82H,5-8,10-12,14-20,22-24,26-31,34,36,40-42,44-46,48-74H2,1-4H3,(H,87,88)(H,89,90)/b13-9-,25-21-,35-32-,38-37-,39-33-,47-43-. The molecule has 0 heterocycles. The molecule has 0 aromatic heterocycles. The summed E-state index contributed by atoms with van der Waals surface area (Å²) < 4.78 is 68.6. The SMILES string of the molecule is CC/C=C\C/C=C\C/C=C\C/C=C\C/C=C\CCCCCC(=O)OCC(COP(=O)(O)OCC(O)COP(=O)(O)OCC(COC(=O)CCCCCCC/C=C\CCCCCCCC)OC(=O)CCCCCCCCCCCCC)OC(=O)CCCCCCCCCCCCCCCCC. The van der Waals surface area contributed by atoms with Crippen molar-refractivity contribution in [1.29, 1.82) is 0 Å². The molecule has 0 saturated carbocycles. The first kappa shape index (κ1) is 96.5. The van der Waals surface area contributed by atoms with E-state index in [4.69, 9.17) is 37.0 Å². The summed E-state index contributed by atoms with van der Waals surface area (Å²) in [7, 11) is -9.95. The van der Waals surface area contributed by atoms with Crippen molar-refractivity contribution in [3.8, 4) is 0 Å². The molecule has 0 aliphatic rings. The minimum absolute atomic E-state index is 0.0928. The van der Waals surface area contributed by atoms with E-state index in [9.17, 15) is 43.2 Å². The first-order chi connectivity index (χ1) is 48.7. The topological polar surface area (TPSA) is 237 Å². The van der Waals surface area contributed by atoms with Crippen molar-refractivity contribution in [2.24, 2.45) is 0 Å². The zero-order valence-corrected chi connectivity index (χ0v) is 65.4. The molecule has 5 unspecified atom stereocenters. The average molecular weight is 1450 g/mol. The van der Waals surface area contributed by atoms with Gasteiger partial charge in [0.25, 0.3) is 0 Å². The van der Waals surface area contributed by atoms with Gasteiger partial charge in [-0.2, -0.15) is 0 Å². The molecule has 0 amide bonds. The number of allylic oxidation sites excluding steroid dienone is 12. The molecule has 5 atom stereocenters. The maximum absolute atomic E-state index is 13.1. The van der Waals surface area contributed by atoms with Crippen LogP contribution in [0.3, 0.4) is 0 Å². The Morgan fingerprint density at radius 3 is 0.820 bits per heavy atom. The molecule has 100 heavy (non-hydrogen) atoms. The lowest BCUT2D eigenvalue weighted by Gasteiger charge is -2.21. The molecule has 19 heteroatoms. The highest BCUT2D eigenvalue weighted by Gasteiger charge is 2.30. The largest absolute Gasteiger partial charge is 0.472 e. The van der Waals surface area contributed by atoms with Gasteiger partial charge in [0.2, 0.25) is 0 Å². The summed E-state index contributed by atoms with van der Waals surface area (Å²) in [6.07, 6.45) is 74.5. The summed E-state index contributed by atoms with van der Waals surface area (Å²) in [6, 6.07) is 0. The Balaban J connectivity index is 5.33. The third kappa shape index (κ3) is 72.8. The van der Waals surface area contributed by atoms with Crippen LogP contribution in [-0.4, -0.2) is 96.7 Å². The van der Waals surface area contributed by atoms with Crippen LogP contribution < -0.4 is 0 Å². The van der Waals surface area contributed by atoms with Crippen LogP contribution in [-0.2, 0) is 65.4 Å². The molecule has 0 radical (unpaired) electrons. The van der Waals surface area contributed by atoms with E-state index < -0.39 is 97.5 Å². The highest BCUT2D eigenvalue weighted by Crippen LogP contribution is 2.45. The van der Waals surface area contributed by atoms with Crippen LogP contribution >= 0.6 is 15.6 Å². The number of unbranched alkanes of at least 4 members (excludes halogenated alkanes) is 38. The Bertz CT molecular complexity index is 2180. The monoisotopic (exact) mass is 1450 g/mol. The van der Waals surface area contributed by atoms with Crippen LogP contribution in [0.5, 0.6) is 0 Å². The molecule has 0 aliphatic carbocycles. The van der Waals surface area contributed by atoms with Gasteiger partial charge < -0.3 is 33.8 Å². The van der Waals surface area contributed by atoms with E-state index in [1.54, 1.807) is 0 Å². The highest BCUT2D eigenvalue weighted by atomic mass is 31.2. The van der Waals surface area contributed by atoms with Gasteiger partial charge in [0.15, 0.2) is 12.2 Å². The Morgan fingerprint density at radius 1 is 0.290 bits per heavy atom. The molecule has 0 spiro atoms. The van der Waals surface area contributed by atoms with Crippen LogP contribution in [0.2, 0.25) is 0 Å². The van der Waals surface area contributed by atoms with Gasteiger partial charge in [0.05, 0.1) is 26.4 Å². The number of hydrogen-bond acceptors (Lipinski definition) is 15. The number of carbonyl (C=O) groups is 4. The molecular formula is C81H146O17P2. The number of esters is 4. The van der Waals surface area contributed by atoms with Crippen molar-refractivity contribution >= 4 is 39.5 Å². The molecule has 0 aromatic rings. The summed E-state index contributed by atoms with van der Waals surface area (Å²) in [5.41, 5.74) is 0. The molecule has 0 fully saturated rings. The Hall–Kier alpha value is -3.50. The fourth-order valence-corrected chi connectivity index (χ4v) is 12.6. The normalized spacial score (nSPS) is 14.3. The average Bonchev–Trinajstić information content (AvgIpc) is 0.985. The lowest BCUT2D eigenvalue weighted by Crippen LogP contribution is -2.30. The van der Waals surface area contributed by atoms with E-state index in [2.05, 4.69) is 101 Å². The number of hydrogen-bond donors (Lipinski definition) is 3. The summed E-state index contributed by atoms with van der Waals surface area (Å²) in [6.45, 7) is 4.77. The molecular weight excluding hydrogens is 1310 g/mol. The number of phosphoric acid groups is 2. The number of rotatable bonds is 76. The van der Waals surface area contributed by atoms with Crippen LogP contribution in [0.25, 0.3) is 0 Å². The minimum Gasteiger partial charge on any atom is -0.462 e. The maximum atomic E-state index is 13.1. The van der Waals surface area contributed by atoms with Gasteiger partial charge in [-0.25, -0.2) is 9.13 Å². The fourth-order valence-electron chi connectivity index (χ4n) is 11.1. The van der Waals surface area contributed by atoms with E-state index >= 15 is 0 Å². The third-order valence-electron chi connectivity index (χ3n) is 17.2. The predicted octanol–water partition coefficient (Wildman–Crippen LogP) is 23.2. The van der Waals surface area contributed by atoms with E-state index in [0.29, 0.717) is 25.7 Å². The van der Waals surface area contributed by atoms with Gasteiger partial charge in [-0.05, 0) is 96.3 Å². The van der Waals surface area contributed by atoms with Gasteiger partial charge in [0.1, 0.15) is 19.3 Å².